The van der Waals surface area contributed by atoms with Crippen LogP contribution in [0.25, 0.3) is 0 Å². The summed E-state index contributed by atoms with van der Waals surface area (Å²) in [5.74, 6) is 0.0822. The summed E-state index contributed by atoms with van der Waals surface area (Å²) in [6, 6.07) is 8.94. The molecular weight excluding hydrogens is 364 g/mol. The molecule has 2 saturated heterocycles. The van der Waals surface area contributed by atoms with E-state index >= 15 is 0 Å². The molecule has 2 aliphatic heterocycles. The molecule has 7 heteroatoms. The van der Waals surface area contributed by atoms with Crippen LogP contribution in [0.15, 0.2) is 41.1 Å². The Bertz CT molecular complexity index is 794. The number of rotatable bonds is 4. The molecule has 3 heterocycles. The third kappa shape index (κ3) is 4.05. The summed E-state index contributed by atoms with van der Waals surface area (Å²) in [7, 11) is 0. The molecule has 0 spiro atoms. The predicted molar refractivity (Wildman–Crippen MR) is 103 cm³/mol. The molecule has 2 amide bonds. The van der Waals surface area contributed by atoms with Gasteiger partial charge in [-0.1, -0.05) is 12.1 Å². The van der Waals surface area contributed by atoms with Gasteiger partial charge in [-0.05, 0) is 36.4 Å². The lowest BCUT2D eigenvalue weighted by Crippen LogP contribution is -2.41. The highest BCUT2D eigenvalue weighted by Gasteiger charge is 2.32. The predicted octanol–water partition coefficient (Wildman–Crippen LogP) is 3.23. The van der Waals surface area contributed by atoms with Crippen molar-refractivity contribution in [2.45, 2.75) is 19.1 Å². The van der Waals surface area contributed by atoms with Crippen LogP contribution in [0.2, 0.25) is 0 Å². The quantitative estimate of drug-likeness (QED) is 0.876. The average molecular weight is 386 g/mol. The smallest absolute Gasteiger partial charge is 0.256 e. The molecule has 2 fully saturated rings. The molecule has 0 atom stereocenters. The van der Waals surface area contributed by atoms with Crippen LogP contribution in [-0.2, 0) is 9.47 Å². The maximum atomic E-state index is 13.0. The number of nitrogens with one attached hydrogen (secondary N) is 1. The van der Waals surface area contributed by atoms with Crippen LogP contribution >= 0.6 is 11.3 Å². The van der Waals surface area contributed by atoms with Gasteiger partial charge in [-0.2, -0.15) is 11.3 Å². The van der Waals surface area contributed by atoms with Gasteiger partial charge in [-0.3, -0.25) is 9.59 Å². The second-order valence-electron chi connectivity index (χ2n) is 6.75. The van der Waals surface area contributed by atoms with Gasteiger partial charge in [0.2, 0.25) is 0 Å². The van der Waals surface area contributed by atoms with Gasteiger partial charge in [0.1, 0.15) is 0 Å². The molecule has 1 N–H and O–H groups in total. The fraction of sp³-hybridized carbons (Fsp3) is 0.400. The van der Waals surface area contributed by atoms with Gasteiger partial charge in [0.05, 0.1) is 30.0 Å². The number of hydrogen-bond donors (Lipinski definition) is 1. The highest BCUT2D eigenvalue weighted by Crippen LogP contribution is 2.27. The lowest BCUT2D eigenvalue weighted by molar-refractivity contribution is -0.0956. The Hall–Kier alpha value is -2.22. The van der Waals surface area contributed by atoms with Gasteiger partial charge in [-0.15, -0.1) is 0 Å². The highest BCUT2D eigenvalue weighted by molar-refractivity contribution is 7.08. The maximum Gasteiger partial charge on any atom is 0.256 e. The number of likely N-dealkylation sites (tertiary alicyclic amines) is 1. The van der Waals surface area contributed by atoms with Crippen molar-refractivity contribution in [1.82, 2.24) is 4.90 Å². The molecule has 2 aliphatic rings. The molecule has 142 valence electrons. The second-order valence-corrected chi connectivity index (χ2v) is 7.53. The number of piperidine rings is 1. The zero-order valence-electron chi connectivity index (χ0n) is 14.9. The third-order valence-electron chi connectivity index (χ3n) is 5.05. The summed E-state index contributed by atoms with van der Waals surface area (Å²) in [5, 5.41) is 6.51. The minimum atomic E-state index is -0.203. The summed E-state index contributed by atoms with van der Waals surface area (Å²) in [4.78, 5) is 27.2. The summed E-state index contributed by atoms with van der Waals surface area (Å²) in [6.07, 6.45) is 1.60. The van der Waals surface area contributed by atoms with E-state index in [4.69, 9.17) is 9.47 Å². The summed E-state index contributed by atoms with van der Waals surface area (Å²) in [5.41, 5.74) is 1.66. The first-order chi connectivity index (χ1) is 13.2. The molecule has 0 bridgehead atoms. The summed E-state index contributed by atoms with van der Waals surface area (Å²) < 4.78 is 11.2. The number of carbonyl (C=O) groups is 2. The molecule has 2 aromatic rings. The number of amides is 2. The van der Waals surface area contributed by atoms with Gasteiger partial charge in [0.25, 0.3) is 11.8 Å². The zero-order chi connectivity index (χ0) is 18.6. The second kappa shape index (κ2) is 8.21. The highest BCUT2D eigenvalue weighted by atomic mass is 32.1. The van der Waals surface area contributed by atoms with Crippen molar-refractivity contribution < 1.29 is 19.1 Å². The molecule has 6 nitrogen and oxygen atoms in total. The van der Waals surface area contributed by atoms with E-state index in [1.807, 2.05) is 22.4 Å². The molecule has 1 aromatic heterocycles. The molecule has 1 aromatic carbocycles. The first kappa shape index (κ1) is 18.2. The van der Waals surface area contributed by atoms with E-state index in [-0.39, 0.29) is 18.1 Å². The van der Waals surface area contributed by atoms with E-state index in [1.54, 1.807) is 23.6 Å². The lowest BCUT2D eigenvalue weighted by Gasteiger charge is -2.34. The zero-order valence-corrected chi connectivity index (χ0v) is 15.7. The number of carbonyl (C=O) groups excluding carboxylic acids is 2. The third-order valence-corrected chi connectivity index (χ3v) is 5.73. The van der Waals surface area contributed by atoms with E-state index in [2.05, 4.69) is 5.32 Å². The standard InChI is InChI=1S/C20H22N2O4S/c23-18(15-7-12-27-13-15)21-17-4-2-1-3-16(17)19(24)22-8-5-14(6-9-22)20-25-10-11-26-20/h1-4,7,12-14,20H,5-6,8-11H2,(H,21,23). The average Bonchev–Trinajstić information content (AvgIpc) is 3.42. The fourth-order valence-electron chi connectivity index (χ4n) is 3.56. The molecule has 0 saturated carbocycles. The van der Waals surface area contributed by atoms with Crippen LogP contribution in [0.5, 0.6) is 0 Å². The van der Waals surface area contributed by atoms with Gasteiger partial charge in [-0.25, -0.2) is 0 Å². The molecular formula is C20H22N2O4S. The van der Waals surface area contributed by atoms with E-state index in [0.717, 1.165) is 12.8 Å². The Kier molecular flexibility index (Phi) is 5.52. The molecule has 27 heavy (non-hydrogen) atoms. The number of ether oxygens (including phenoxy) is 2. The number of para-hydroxylation sites is 1. The number of anilines is 1. The normalized spacial score (nSPS) is 18.6. The van der Waals surface area contributed by atoms with Crippen LogP contribution in [0.4, 0.5) is 5.69 Å². The Labute approximate surface area is 162 Å². The maximum absolute atomic E-state index is 13.0. The number of benzene rings is 1. The van der Waals surface area contributed by atoms with Gasteiger partial charge < -0.3 is 19.7 Å². The monoisotopic (exact) mass is 386 g/mol. The molecule has 0 radical (unpaired) electrons. The number of nitrogens with zero attached hydrogens (tertiary/aromatic N) is 1. The Balaban J connectivity index is 1.42. The van der Waals surface area contributed by atoms with Gasteiger partial charge >= 0.3 is 0 Å². The van der Waals surface area contributed by atoms with Crippen LogP contribution in [-0.4, -0.2) is 49.3 Å². The van der Waals surface area contributed by atoms with Gasteiger partial charge in [0, 0.05) is 24.4 Å². The van der Waals surface area contributed by atoms with Crippen molar-refractivity contribution in [3.63, 3.8) is 0 Å². The van der Waals surface area contributed by atoms with Crippen LogP contribution in [0, 0.1) is 5.92 Å². The molecule has 0 aliphatic carbocycles. The van der Waals surface area contributed by atoms with Gasteiger partial charge in [0.15, 0.2) is 6.29 Å². The summed E-state index contributed by atoms with van der Waals surface area (Å²) >= 11 is 1.47. The first-order valence-electron chi connectivity index (χ1n) is 9.17. The fourth-order valence-corrected chi connectivity index (χ4v) is 4.20. The van der Waals surface area contributed by atoms with Crippen LogP contribution < -0.4 is 5.32 Å². The van der Waals surface area contributed by atoms with E-state index in [1.165, 1.54) is 11.3 Å². The SMILES string of the molecule is O=C(Nc1ccccc1C(=O)N1CCC(C2OCCO2)CC1)c1ccsc1. The topological polar surface area (TPSA) is 67.9 Å². The van der Waals surface area contributed by atoms with Crippen molar-refractivity contribution in [3.05, 3.63) is 52.2 Å². The van der Waals surface area contributed by atoms with Crippen molar-refractivity contribution in [1.29, 1.82) is 0 Å². The van der Waals surface area contributed by atoms with Crippen LogP contribution in [0.1, 0.15) is 33.6 Å². The summed E-state index contributed by atoms with van der Waals surface area (Å²) in [6.45, 7) is 2.64. The number of thiophene rings is 1. The Morgan fingerprint density at radius 3 is 2.52 bits per heavy atom. The first-order valence-corrected chi connectivity index (χ1v) is 10.1. The largest absolute Gasteiger partial charge is 0.350 e. The number of hydrogen-bond acceptors (Lipinski definition) is 5. The Morgan fingerprint density at radius 1 is 1.07 bits per heavy atom. The molecule has 4 rings (SSSR count). The lowest BCUT2D eigenvalue weighted by atomic mass is 9.95. The minimum absolute atomic E-state index is 0.0528. The Morgan fingerprint density at radius 2 is 1.81 bits per heavy atom. The van der Waals surface area contributed by atoms with Crippen LogP contribution in [0.3, 0.4) is 0 Å². The van der Waals surface area contributed by atoms with Crippen molar-refractivity contribution in [2.24, 2.45) is 5.92 Å². The minimum Gasteiger partial charge on any atom is -0.350 e. The van der Waals surface area contributed by atoms with Crippen molar-refractivity contribution >= 4 is 28.8 Å². The van der Waals surface area contributed by atoms with E-state index in [0.29, 0.717) is 49.0 Å². The van der Waals surface area contributed by atoms with Crippen molar-refractivity contribution in [3.8, 4) is 0 Å². The van der Waals surface area contributed by atoms with E-state index in [9.17, 15) is 9.59 Å². The van der Waals surface area contributed by atoms with Crippen molar-refractivity contribution in [2.75, 3.05) is 31.6 Å². The molecule has 0 unspecified atom stereocenters. The van der Waals surface area contributed by atoms with E-state index < -0.39 is 0 Å².